The standard InChI is InChI=1S/C17H19N3O5/c1-2-17(12-6-4-3-5-7-12)15(23)20(16(24)18-17)19-13(21)10-25-14(22)11-8-9-11/h3-7,11H,2,8-10H2,1H3,(H,18,24)(H,19,21)/t17-/m0/s1. The van der Waals surface area contributed by atoms with E-state index in [4.69, 9.17) is 4.74 Å². The summed E-state index contributed by atoms with van der Waals surface area (Å²) in [5.41, 5.74) is 1.61. The van der Waals surface area contributed by atoms with Gasteiger partial charge in [0.15, 0.2) is 6.61 Å². The van der Waals surface area contributed by atoms with Crippen molar-refractivity contribution in [1.82, 2.24) is 15.8 Å². The van der Waals surface area contributed by atoms with Gasteiger partial charge in [0, 0.05) is 0 Å². The van der Waals surface area contributed by atoms with Gasteiger partial charge in [0.2, 0.25) is 0 Å². The predicted molar refractivity (Wildman–Crippen MR) is 85.6 cm³/mol. The zero-order chi connectivity index (χ0) is 18.0. The van der Waals surface area contributed by atoms with Crippen LogP contribution in [0.1, 0.15) is 31.7 Å². The molecule has 2 fully saturated rings. The number of hydrogen-bond acceptors (Lipinski definition) is 5. The van der Waals surface area contributed by atoms with Crippen molar-refractivity contribution in [2.24, 2.45) is 5.92 Å². The molecule has 8 nitrogen and oxygen atoms in total. The molecule has 2 N–H and O–H groups in total. The number of ether oxygens (including phenoxy) is 1. The molecular formula is C17H19N3O5. The molecule has 0 spiro atoms. The van der Waals surface area contributed by atoms with Crippen LogP contribution in [0.4, 0.5) is 4.79 Å². The maximum atomic E-state index is 12.8. The normalized spacial score (nSPS) is 22.5. The lowest BCUT2D eigenvalue weighted by Gasteiger charge is -2.25. The molecule has 1 saturated carbocycles. The third-order valence-electron chi connectivity index (χ3n) is 4.38. The molecule has 1 aromatic carbocycles. The molecule has 25 heavy (non-hydrogen) atoms. The lowest BCUT2D eigenvalue weighted by atomic mass is 9.87. The number of urea groups is 1. The van der Waals surface area contributed by atoms with Gasteiger partial charge in [-0.05, 0) is 24.8 Å². The van der Waals surface area contributed by atoms with E-state index in [1.54, 1.807) is 31.2 Å². The lowest BCUT2D eigenvalue weighted by Crippen LogP contribution is -2.49. The van der Waals surface area contributed by atoms with Crippen LogP contribution in [0.2, 0.25) is 0 Å². The number of nitrogens with one attached hydrogen (secondary N) is 2. The summed E-state index contributed by atoms with van der Waals surface area (Å²) in [6.07, 6.45) is 1.86. The number of benzene rings is 1. The largest absolute Gasteiger partial charge is 0.455 e. The Morgan fingerprint density at radius 1 is 1.28 bits per heavy atom. The van der Waals surface area contributed by atoms with E-state index in [9.17, 15) is 19.2 Å². The second-order valence-corrected chi connectivity index (χ2v) is 6.11. The average molecular weight is 345 g/mol. The fourth-order valence-electron chi connectivity index (χ4n) is 2.77. The number of amides is 4. The Balaban J connectivity index is 1.68. The minimum absolute atomic E-state index is 0.129. The zero-order valence-corrected chi connectivity index (χ0v) is 13.8. The second kappa shape index (κ2) is 6.54. The molecule has 0 bridgehead atoms. The van der Waals surface area contributed by atoms with Gasteiger partial charge in [0.05, 0.1) is 5.92 Å². The summed E-state index contributed by atoms with van der Waals surface area (Å²) in [6, 6.07) is 8.10. The highest BCUT2D eigenvalue weighted by Crippen LogP contribution is 2.31. The van der Waals surface area contributed by atoms with Crippen molar-refractivity contribution in [2.45, 2.75) is 31.7 Å². The van der Waals surface area contributed by atoms with Crippen molar-refractivity contribution < 1.29 is 23.9 Å². The van der Waals surface area contributed by atoms with E-state index in [0.29, 0.717) is 17.0 Å². The van der Waals surface area contributed by atoms with Crippen LogP contribution in [0.3, 0.4) is 0 Å². The van der Waals surface area contributed by atoms with Gasteiger partial charge in [-0.15, -0.1) is 0 Å². The molecule has 1 aromatic rings. The molecule has 1 aliphatic carbocycles. The number of nitrogens with zero attached hydrogens (tertiary/aromatic N) is 1. The number of hydrazine groups is 1. The number of esters is 1. The number of rotatable bonds is 6. The molecule has 132 valence electrons. The molecule has 0 radical (unpaired) electrons. The Hall–Kier alpha value is -2.90. The smallest absolute Gasteiger partial charge is 0.344 e. The number of carbonyl (C=O) groups is 4. The highest BCUT2D eigenvalue weighted by atomic mass is 16.5. The molecule has 1 aliphatic heterocycles. The van der Waals surface area contributed by atoms with Gasteiger partial charge in [0.1, 0.15) is 5.54 Å². The van der Waals surface area contributed by atoms with Crippen LogP contribution in [-0.2, 0) is 24.7 Å². The SMILES string of the molecule is CC[C@@]1(c2ccccc2)NC(=O)N(NC(=O)COC(=O)C2CC2)C1=O. The molecule has 1 heterocycles. The average Bonchev–Trinajstić information content (AvgIpc) is 3.44. The van der Waals surface area contributed by atoms with Crippen molar-refractivity contribution >= 4 is 23.8 Å². The summed E-state index contributed by atoms with van der Waals surface area (Å²) in [7, 11) is 0. The van der Waals surface area contributed by atoms with Crippen molar-refractivity contribution in [3.8, 4) is 0 Å². The summed E-state index contributed by atoms with van der Waals surface area (Å²) in [5, 5.41) is 3.29. The van der Waals surface area contributed by atoms with Gasteiger partial charge >= 0.3 is 12.0 Å². The summed E-state index contributed by atoms with van der Waals surface area (Å²) in [5.74, 6) is -1.87. The van der Waals surface area contributed by atoms with Gasteiger partial charge in [-0.1, -0.05) is 37.3 Å². The Kier molecular flexibility index (Phi) is 4.43. The number of hydrogen-bond donors (Lipinski definition) is 2. The van der Waals surface area contributed by atoms with Gasteiger partial charge < -0.3 is 10.1 Å². The molecule has 1 atom stereocenters. The summed E-state index contributed by atoms with van der Waals surface area (Å²) >= 11 is 0. The molecule has 0 unspecified atom stereocenters. The van der Waals surface area contributed by atoms with Crippen LogP contribution in [0.15, 0.2) is 30.3 Å². The van der Waals surface area contributed by atoms with Crippen LogP contribution in [0, 0.1) is 5.92 Å². The molecule has 4 amide bonds. The fourth-order valence-corrected chi connectivity index (χ4v) is 2.77. The van der Waals surface area contributed by atoms with E-state index >= 15 is 0 Å². The van der Waals surface area contributed by atoms with E-state index in [0.717, 1.165) is 12.8 Å². The minimum atomic E-state index is -1.23. The third kappa shape index (κ3) is 3.19. The van der Waals surface area contributed by atoms with Crippen molar-refractivity contribution in [3.05, 3.63) is 35.9 Å². The Morgan fingerprint density at radius 2 is 1.96 bits per heavy atom. The van der Waals surface area contributed by atoms with Crippen LogP contribution in [0.25, 0.3) is 0 Å². The zero-order valence-electron chi connectivity index (χ0n) is 13.8. The van der Waals surface area contributed by atoms with Gasteiger partial charge in [-0.2, -0.15) is 5.01 Å². The first-order valence-electron chi connectivity index (χ1n) is 8.16. The van der Waals surface area contributed by atoms with E-state index in [2.05, 4.69) is 10.7 Å². The van der Waals surface area contributed by atoms with E-state index in [1.165, 1.54) is 0 Å². The Morgan fingerprint density at radius 3 is 2.56 bits per heavy atom. The number of imide groups is 1. The van der Waals surface area contributed by atoms with E-state index < -0.39 is 36.0 Å². The summed E-state index contributed by atoms with van der Waals surface area (Å²) in [6.45, 7) is 1.24. The van der Waals surface area contributed by atoms with E-state index in [-0.39, 0.29) is 5.92 Å². The quantitative estimate of drug-likeness (QED) is 0.587. The predicted octanol–water partition coefficient (Wildman–Crippen LogP) is 0.828. The monoisotopic (exact) mass is 345 g/mol. The van der Waals surface area contributed by atoms with E-state index in [1.807, 2.05) is 6.07 Å². The first-order valence-corrected chi connectivity index (χ1v) is 8.16. The van der Waals surface area contributed by atoms with Crippen molar-refractivity contribution in [2.75, 3.05) is 6.61 Å². The fraction of sp³-hybridized carbons (Fsp3) is 0.412. The highest BCUT2D eigenvalue weighted by molar-refractivity contribution is 6.08. The van der Waals surface area contributed by atoms with Gasteiger partial charge in [-0.3, -0.25) is 19.8 Å². The van der Waals surface area contributed by atoms with Crippen LogP contribution in [-0.4, -0.2) is 35.4 Å². The highest BCUT2D eigenvalue weighted by Gasteiger charge is 2.52. The Labute approximate surface area is 144 Å². The van der Waals surface area contributed by atoms with Crippen LogP contribution >= 0.6 is 0 Å². The summed E-state index contributed by atoms with van der Waals surface area (Å²) in [4.78, 5) is 48.3. The maximum absolute atomic E-state index is 12.8. The molecular weight excluding hydrogens is 326 g/mol. The number of carbonyl (C=O) groups excluding carboxylic acids is 4. The van der Waals surface area contributed by atoms with Crippen molar-refractivity contribution in [1.29, 1.82) is 0 Å². The van der Waals surface area contributed by atoms with Crippen molar-refractivity contribution in [3.63, 3.8) is 0 Å². The molecule has 8 heteroatoms. The first kappa shape index (κ1) is 16.9. The van der Waals surface area contributed by atoms with Gasteiger partial charge in [-0.25, -0.2) is 4.79 Å². The maximum Gasteiger partial charge on any atom is 0.344 e. The third-order valence-corrected chi connectivity index (χ3v) is 4.38. The van der Waals surface area contributed by atoms with Crippen LogP contribution < -0.4 is 10.7 Å². The first-order chi connectivity index (χ1) is 12.0. The summed E-state index contributed by atoms with van der Waals surface area (Å²) < 4.78 is 4.85. The van der Waals surface area contributed by atoms with Gasteiger partial charge in [0.25, 0.3) is 11.8 Å². The van der Waals surface area contributed by atoms with Crippen LogP contribution in [0.5, 0.6) is 0 Å². The molecule has 1 saturated heterocycles. The Bertz CT molecular complexity index is 716. The molecule has 3 rings (SSSR count). The molecule has 2 aliphatic rings. The lowest BCUT2D eigenvalue weighted by molar-refractivity contribution is -0.151. The molecule has 0 aromatic heterocycles. The second-order valence-electron chi connectivity index (χ2n) is 6.11. The topological polar surface area (TPSA) is 105 Å². The minimum Gasteiger partial charge on any atom is -0.455 e.